The maximum Gasteiger partial charge on any atom is 0.253 e. The minimum absolute atomic E-state index is 0.228. The van der Waals surface area contributed by atoms with Crippen LogP contribution in [-0.4, -0.2) is 15.9 Å². The van der Waals surface area contributed by atoms with Gasteiger partial charge in [0.25, 0.3) is 5.91 Å². The largest absolute Gasteiger partial charge is 0.346 e. The molecule has 0 saturated carbocycles. The highest BCUT2D eigenvalue weighted by molar-refractivity contribution is 7.13. The zero-order chi connectivity index (χ0) is 15.4. The second kappa shape index (κ2) is 6.68. The Bertz CT molecular complexity index is 790. The summed E-state index contributed by atoms with van der Waals surface area (Å²) < 4.78 is 0. The SMILES string of the molecule is O=C(NCc1nccnc1-c1cccs1)c1ccccc1Cl. The van der Waals surface area contributed by atoms with Crippen LogP contribution in [0.3, 0.4) is 0 Å². The number of carbonyl (C=O) groups excluding carboxylic acids is 1. The normalized spacial score (nSPS) is 10.4. The molecule has 0 fully saturated rings. The zero-order valence-electron chi connectivity index (χ0n) is 11.5. The Labute approximate surface area is 136 Å². The van der Waals surface area contributed by atoms with Crippen LogP contribution in [0.25, 0.3) is 10.6 Å². The van der Waals surface area contributed by atoms with Crippen molar-refractivity contribution in [1.29, 1.82) is 0 Å². The van der Waals surface area contributed by atoms with Gasteiger partial charge >= 0.3 is 0 Å². The van der Waals surface area contributed by atoms with Gasteiger partial charge in [0.2, 0.25) is 0 Å². The number of hydrogen-bond acceptors (Lipinski definition) is 4. The Morgan fingerprint density at radius 1 is 1.14 bits per heavy atom. The second-order valence-corrected chi connectivity index (χ2v) is 5.85. The van der Waals surface area contributed by atoms with Gasteiger partial charge in [0.15, 0.2) is 0 Å². The predicted molar refractivity (Wildman–Crippen MR) is 88.0 cm³/mol. The second-order valence-electron chi connectivity index (χ2n) is 4.49. The first-order chi connectivity index (χ1) is 10.8. The molecule has 0 aliphatic rings. The lowest BCUT2D eigenvalue weighted by Crippen LogP contribution is -2.24. The van der Waals surface area contributed by atoms with Crippen LogP contribution in [0, 0.1) is 0 Å². The Hall–Kier alpha value is -2.24. The molecule has 0 unspecified atom stereocenters. The van der Waals surface area contributed by atoms with Crippen molar-refractivity contribution in [2.24, 2.45) is 0 Å². The van der Waals surface area contributed by atoms with Crippen molar-refractivity contribution in [3.05, 3.63) is 70.5 Å². The molecule has 1 amide bonds. The van der Waals surface area contributed by atoms with Crippen molar-refractivity contribution >= 4 is 28.8 Å². The molecule has 0 atom stereocenters. The van der Waals surface area contributed by atoms with E-state index in [0.29, 0.717) is 17.1 Å². The van der Waals surface area contributed by atoms with E-state index in [0.717, 1.165) is 16.3 Å². The minimum Gasteiger partial charge on any atom is -0.346 e. The van der Waals surface area contributed by atoms with E-state index in [1.165, 1.54) is 0 Å². The number of rotatable bonds is 4. The monoisotopic (exact) mass is 329 g/mol. The number of amides is 1. The van der Waals surface area contributed by atoms with Crippen LogP contribution in [0.5, 0.6) is 0 Å². The first-order valence-corrected chi connectivity index (χ1v) is 7.88. The summed E-state index contributed by atoms with van der Waals surface area (Å²) in [4.78, 5) is 21.9. The fraction of sp³-hybridized carbons (Fsp3) is 0.0625. The van der Waals surface area contributed by atoms with Gasteiger partial charge in [-0.25, -0.2) is 0 Å². The summed E-state index contributed by atoms with van der Waals surface area (Å²) >= 11 is 7.61. The molecular weight excluding hydrogens is 318 g/mol. The van der Waals surface area contributed by atoms with E-state index in [1.807, 2.05) is 17.5 Å². The van der Waals surface area contributed by atoms with E-state index in [1.54, 1.807) is 48.0 Å². The quantitative estimate of drug-likeness (QED) is 0.792. The van der Waals surface area contributed by atoms with Crippen molar-refractivity contribution in [2.45, 2.75) is 6.54 Å². The molecule has 0 aliphatic carbocycles. The van der Waals surface area contributed by atoms with Gasteiger partial charge in [-0.05, 0) is 23.6 Å². The van der Waals surface area contributed by atoms with Crippen LogP contribution in [0.15, 0.2) is 54.2 Å². The van der Waals surface area contributed by atoms with Gasteiger partial charge in [0.05, 0.1) is 27.7 Å². The van der Waals surface area contributed by atoms with E-state index >= 15 is 0 Å². The maximum absolute atomic E-state index is 12.2. The smallest absolute Gasteiger partial charge is 0.253 e. The molecule has 6 heteroatoms. The van der Waals surface area contributed by atoms with Crippen LogP contribution in [0.4, 0.5) is 0 Å². The lowest BCUT2D eigenvalue weighted by Gasteiger charge is -2.08. The highest BCUT2D eigenvalue weighted by Crippen LogP contribution is 2.24. The molecule has 2 heterocycles. The number of aromatic nitrogens is 2. The fourth-order valence-corrected chi connectivity index (χ4v) is 2.98. The number of hydrogen-bond donors (Lipinski definition) is 1. The van der Waals surface area contributed by atoms with Crippen LogP contribution < -0.4 is 5.32 Å². The maximum atomic E-state index is 12.2. The fourth-order valence-electron chi connectivity index (χ4n) is 2.02. The van der Waals surface area contributed by atoms with Crippen LogP contribution >= 0.6 is 22.9 Å². The summed E-state index contributed by atoms with van der Waals surface area (Å²) in [7, 11) is 0. The van der Waals surface area contributed by atoms with E-state index in [2.05, 4.69) is 15.3 Å². The highest BCUT2D eigenvalue weighted by atomic mass is 35.5. The standard InChI is InChI=1S/C16H12ClN3OS/c17-12-5-2-1-4-11(12)16(21)20-10-13-15(19-8-7-18-13)14-6-3-9-22-14/h1-9H,10H2,(H,20,21). The summed E-state index contributed by atoms with van der Waals surface area (Å²) in [6.45, 7) is 0.297. The Morgan fingerprint density at radius 2 is 1.95 bits per heavy atom. The van der Waals surface area contributed by atoms with Gasteiger partial charge in [-0.15, -0.1) is 11.3 Å². The average Bonchev–Trinajstić information content (AvgIpc) is 3.07. The summed E-state index contributed by atoms with van der Waals surface area (Å²) in [6, 6.07) is 10.9. The molecular formula is C16H12ClN3OS. The van der Waals surface area contributed by atoms with Gasteiger partial charge in [-0.1, -0.05) is 29.8 Å². The van der Waals surface area contributed by atoms with Crippen LogP contribution in [0.2, 0.25) is 5.02 Å². The van der Waals surface area contributed by atoms with Crippen LogP contribution in [-0.2, 0) is 6.54 Å². The van der Waals surface area contributed by atoms with Gasteiger partial charge < -0.3 is 5.32 Å². The molecule has 3 rings (SSSR count). The summed E-state index contributed by atoms with van der Waals surface area (Å²) in [5.74, 6) is -0.228. The molecule has 0 spiro atoms. The predicted octanol–water partition coefficient (Wildman–Crippen LogP) is 3.79. The first-order valence-electron chi connectivity index (χ1n) is 6.62. The van der Waals surface area contributed by atoms with Crippen molar-refractivity contribution in [3.8, 4) is 10.6 Å². The third kappa shape index (κ3) is 3.16. The highest BCUT2D eigenvalue weighted by Gasteiger charge is 2.12. The number of nitrogens with one attached hydrogen (secondary N) is 1. The lowest BCUT2D eigenvalue weighted by molar-refractivity contribution is 0.0950. The third-order valence-corrected chi connectivity index (χ3v) is 4.27. The molecule has 0 saturated heterocycles. The van der Waals surface area contributed by atoms with Gasteiger partial charge in [-0.2, -0.15) is 0 Å². The number of halogens is 1. The van der Waals surface area contributed by atoms with Crippen LogP contribution in [0.1, 0.15) is 16.1 Å². The molecule has 1 N–H and O–H groups in total. The molecule has 0 radical (unpaired) electrons. The van der Waals surface area contributed by atoms with E-state index in [4.69, 9.17) is 11.6 Å². The molecule has 4 nitrogen and oxygen atoms in total. The molecule has 0 bridgehead atoms. The summed E-state index contributed by atoms with van der Waals surface area (Å²) in [5, 5.41) is 5.25. The number of nitrogens with zero attached hydrogens (tertiary/aromatic N) is 2. The van der Waals surface area contributed by atoms with E-state index < -0.39 is 0 Å². The van der Waals surface area contributed by atoms with Crippen molar-refractivity contribution in [1.82, 2.24) is 15.3 Å². The molecule has 1 aromatic carbocycles. The van der Waals surface area contributed by atoms with Gasteiger partial charge in [0, 0.05) is 12.4 Å². The van der Waals surface area contributed by atoms with Gasteiger partial charge in [-0.3, -0.25) is 14.8 Å². The number of thiophene rings is 1. The molecule has 3 aromatic rings. The zero-order valence-corrected chi connectivity index (χ0v) is 13.1. The third-order valence-electron chi connectivity index (χ3n) is 3.06. The summed E-state index contributed by atoms with van der Waals surface area (Å²) in [5.41, 5.74) is 1.97. The molecule has 2 aromatic heterocycles. The average molecular weight is 330 g/mol. The van der Waals surface area contributed by atoms with Crippen molar-refractivity contribution in [2.75, 3.05) is 0 Å². The minimum atomic E-state index is -0.228. The molecule has 110 valence electrons. The molecule has 0 aliphatic heterocycles. The topological polar surface area (TPSA) is 54.9 Å². The Balaban J connectivity index is 1.78. The Kier molecular flexibility index (Phi) is 4.46. The van der Waals surface area contributed by atoms with Crippen molar-refractivity contribution < 1.29 is 4.79 Å². The van der Waals surface area contributed by atoms with Crippen molar-refractivity contribution in [3.63, 3.8) is 0 Å². The first kappa shape index (κ1) is 14.7. The van der Waals surface area contributed by atoms with Gasteiger partial charge in [0.1, 0.15) is 5.69 Å². The van der Waals surface area contributed by atoms with E-state index in [-0.39, 0.29) is 5.91 Å². The lowest BCUT2D eigenvalue weighted by atomic mass is 10.2. The number of carbonyl (C=O) groups is 1. The van der Waals surface area contributed by atoms with E-state index in [9.17, 15) is 4.79 Å². The molecule has 22 heavy (non-hydrogen) atoms. The Morgan fingerprint density at radius 3 is 2.73 bits per heavy atom. The summed E-state index contributed by atoms with van der Waals surface area (Å²) in [6.07, 6.45) is 3.27. The number of benzene rings is 1.